The van der Waals surface area contributed by atoms with E-state index in [1.54, 1.807) is 6.07 Å². The van der Waals surface area contributed by atoms with Crippen LogP contribution in [0.25, 0.3) is 0 Å². The Kier molecular flexibility index (Phi) is 4.05. The van der Waals surface area contributed by atoms with Crippen molar-refractivity contribution in [3.63, 3.8) is 0 Å². The van der Waals surface area contributed by atoms with E-state index in [9.17, 15) is 10.4 Å². The highest BCUT2D eigenvalue weighted by Gasteiger charge is 2.32. The summed E-state index contributed by atoms with van der Waals surface area (Å²) in [6.07, 6.45) is -0.368. The van der Waals surface area contributed by atoms with Crippen molar-refractivity contribution in [1.29, 1.82) is 10.5 Å². The first-order valence-corrected chi connectivity index (χ1v) is 5.23. The fourth-order valence-corrected chi connectivity index (χ4v) is 1.79. The van der Waals surface area contributed by atoms with E-state index < -0.39 is 11.5 Å². The van der Waals surface area contributed by atoms with E-state index in [1.165, 1.54) is 0 Å². The van der Waals surface area contributed by atoms with Gasteiger partial charge in [-0.3, -0.25) is 0 Å². The van der Waals surface area contributed by atoms with Gasteiger partial charge in [0.2, 0.25) is 0 Å². The zero-order valence-electron chi connectivity index (χ0n) is 9.22. The Balaban J connectivity index is 3.09. The molecule has 3 nitrogen and oxygen atoms in total. The number of aliphatic hydroxyl groups excluding tert-OH is 1. The Morgan fingerprint density at radius 1 is 1.31 bits per heavy atom. The van der Waals surface area contributed by atoms with Crippen LogP contribution in [-0.4, -0.2) is 11.2 Å². The van der Waals surface area contributed by atoms with Crippen molar-refractivity contribution in [2.45, 2.75) is 31.3 Å². The largest absolute Gasteiger partial charge is 0.378 e. The number of hydrogen-bond acceptors (Lipinski definition) is 3. The van der Waals surface area contributed by atoms with Crippen molar-refractivity contribution in [1.82, 2.24) is 0 Å². The van der Waals surface area contributed by atoms with Crippen molar-refractivity contribution >= 4 is 0 Å². The highest BCUT2D eigenvalue weighted by atomic mass is 16.3. The summed E-state index contributed by atoms with van der Waals surface area (Å²) >= 11 is 0. The lowest BCUT2D eigenvalue weighted by molar-refractivity contribution is 0.192. The summed E-state index contributed by atoms with van der Waals surface area (Å²) in [4.78, 5) is 0. The second-order valence-corrected chi connectivity index (χ2v) is 3.76. The molecular formula is C13H14N2O. The Bertz CT molecular complexity index is 416. The van der Waals surface area contributed by atoms with Crippen molar-refractivity contribution in [2.75, 3.05) is 0 Å². The molecule has 82 valence electrons. The van der Waals surface area contributed by atoms with Crippen LogP contribution in [0.5, 0.6) is 0 Å². The van der Waals surface area contributed by atoms with Gasteiger partial charge in [-0.15, -0.1) is 0 Å². The summed E-state index contributed by atoms with van der Waals surface area (Å²) in [5.74, 6) is 0. The maximum Gasteiger partial charge on any atom is 0.142 e. The molecule has 0 aromatic heterocycles. The maximum absolute atomic E-state index is 9.40. The molecule has 0 unspecified atom stereocenters. The second-order valence-electron chi connectivity index (χ2n) is 3.76. The first-order chi connectivity index (χ1) is 7.68. The Hall–Kier alpha value is -1.84. The van der Waals surface area contributed by atoms with Crippen LogP contribution in [0, 0.1) is 22.7 Å². The summed E-state index contributed by atoms with van der Waals surface area (Å²) < 4.78 is 0. The van der Waals surface area contributed by atoms with E-state index in [4.69, 9.17) is 5.26 Å². The molecule has 0 aliphatic rings. The van der Waals surface area contributed by atoms with E-state index in [0.717, 1.165) is 5.56 Å². The molecule has 1 N–H and O–H groups in total. The highest BCUT2D eigenvalue weighted by molar-refractivity contribution is 5.32. The lowest BCUT2D eigenvalue weighted by atomic mass is 9.75. The quantitative estimate of drug-likeness (QED) is 0.781. The SMILES string of the molecule is CC[C@](C#N)(C[C@H](O)C#N)c1ccccc1. The molecule has 0 saturated carbocycles. The predicted octanol–water partition coefficient (Wildman–Crippen LogP) is 2.13. The van der Waals surface area contributed by atoms with Gasteiger partial charge >= 0.3 is 0 Å². The first kappa shape index (κ1) is 12.2. The first-order valence-electron chi connectivity index (χ1n) is 5.23. The van der Waals surface area contributed by atoms with Crippen LogP contribution in [0.2, 0.25) is 0 Å². The van der Waals surface area contributed by atoms with Gasteiger partial charge in [0, 0.05) is 6.42 Å². The van der Waals surface area contributed by atoms with Gasteiger partial charge in [0.05, 0.1) is 17.6 Å². The molecule has 2 atom stereocenters. The minimum atomic E-state index is -1.10. The van der Waals surface area contributed by atoms with Crippen LogP contribution in [-0.2, 0) is 5.41 Å². The number of hydrogen-bond donors (Lipinski definition) is 1. The maximum atomic E-state index is 9.40. The molecule has 1 aromatic carbocycles. The van der Waals surface area contributed by atoms with Crippen LogP contribution in [0.3, 0.4) is 0 Å². The molecule has 1 aromatic rings. The van der Waals surface area contributed by atoms with Crippen LogP contribution in [0.1, 0.15) is 25.3 Å². The van der Waals surface area contributed by atoms with Crippen molar-refractivity contribution < 1.29 is 5.11 Å². The topological polar surface area (TPSA) is 67.8 Å². The molecule has 0 aliphatic heterocycles. The lowest BCUT2D eigenvalue weighted by Crippen LogP contribution is -2.28. The minimum Gasteiger partial charge on any atom is -0.378 e. The van der Waals surface area contributed by atoms with Crippen LogP contribution in [0.4, 0.5) is 0 Å². The van der Waals surface area contributed by atoms with Gasteiger partial charge in [-0.05, 0) is 12.0 Å². The Morgan fingerprint density at radius 3 is 2.38 bits per heavy atom. The lowest BCUT2D eigenvalue weighted by Gasteiger charge is -2.26. The number of benzene rings is 1. The van der Waals surface area contributed by atoms with Gasteiger partial charge in [-0.2, -0.15) is 10.5 Å². The number of nitrogens with zero attached hydrogens (tertiary/aromatic N) is 2. The fourth-order valence-electron chi connectivity index (χ4n) is 1.79. The van der Waals surface area contributed by atoms with E-state index >= 15 is 0 Å². The average molecular weight is 214 g/mol. The number of aliphatic hydroxyl groups is 1. The summed E-state index contributed by atoms with van der Waals surface area (Å²) in [5.41, 5.74) is 0.0884. The Labute approximate surface area is 95.6 Å². The molecule has 0 bridgehead atoms. The third-order valence-electron chi connectivity index (χ3n) is 2.83. The van der Waals surface area contributed by atoms with E-state index in [1.807, 2.05) is 37.3 Å². The van der Waals surface area contributed by atoms with Crippen molar-refractivity contribution in [3.8, 4) is 12.1 Å². The third kappa shape index (κ3) is 2.39. The standard InChI is InChI=1S/C13H14N2O/c1-2-13(10-15,8-12(16)9-14)11-6-4-3-5-7-11/h3-7,12,16H,2,8H2,1H3/t12-,13+/m0/s1. The van der Waals surface area contributed by atoms with Crippen molar-refractivity contribution in [2.24, 2.45) is 0 Å². The summed E-state index contributed by atoms with van der Waals surface area (Å²) in [6, 6.07) is 13.3. The summed E-state index contributed by atoms with van der Waals surface area (Å²) in [6.45, 7) is 1.89. The van der Waals surface area contributed by atoms with Gasteiger partial charge in [0.25, 0.3) is 0 Å². The molecule has 16 heavy (non-hydrogen) atoms. The van der Waals surface area contributed by atoms with E-state index in [0.29, 0.717) is 6.42 Å². The normalized spacial score (nSPS) is 15.5. The van der Waals surface area contributed by atoms with Gasteiger partial charge in [0.1, 0.15) is 6.10 Å². The van der Waals surface area contributed by atoms with Crippen molar-refractivity contribution in [3.05, 3.63) is 35.9 Å². The summed E-state index contributed by atoms with van der Waals surface area (Å²) in [5, 5.41) is 27.3. The number of nitriles is 2. The molecule has 0 heterocycles. The van der Waals surface area contributed by atoms with Crippen LogP contribution < -0.4 is 0 Å². The van der Waals surface area contributed by atoms with Gasteiger partial charge in [-0.1, -0.05) is 37.3 Å². The molecular weight excluding hydrogens is 200 g/mol. The molecule has 3 heteroatoms. The second kappa shape index (κ2) is 5.30. The van der Waals surface area contributed by atoms with Crippen LogP contribution in [0.15, 0.2) is 30.3 Å². The third-order valence-corrected chi connectivity index (χ3v) is 2.83. The molecule has 0 aliphatic carbocycles. The predicted molar refractivity (Wildman–Crippen MR) is 60.3 cm³/mol. The summed E-state index contributed by atoms with van der Waals surface area (Å²) in [7, 11) is 0. The smallest absolute Gasteiger partial charge is 0.142 e. The molecule has 1 rings (SSSR count). The van der Waals surface area contributed by atoms with E-state index in [2.05, 4.69) is 6.07 Å². The molecule has 0 saturated heterocycles. The average Bonchev–Trinajstić information content (AvgIpc) is 2.37. The molecule has 0 spiro atoms. The Morgan fingerprint density at radius 2 is 1.94 bits per heavy atom. The van der Waals surface area contributed by atoms with Gasteiger partial charge < -0.3 is 5.11 Å². The molecule has 0 fully saturated rings. The van der Waals surface area contributed by atoms with Gasteiger partial charge in [0.15, 0.2) is 0 Å². The van der Waals surface area contributed by atoms with Gasteiger partial charge in [-0.25, -0.2) is 0 Å². The minimum absolute atomic E-state index is 0.153. The molecule has 0 amide bonds. The monoisotopic (exact) mass is 214 g/mol. The zero-order valence-corrected chi connectivity index (χ0v) is 9.22. The number of rotatable bonds is 4. The zero-order chi connectivity index (χ0) is 12.0. The highest BCUT2D eigenvalue weighted by Crippen LogP contribution is 2.32. The van der Waals surface area contributed by atoms with E-state index in [-0.39, 0.29) is 6.42 Å². The molecule has 0 radical (unpaired) electrons. The fraction of sp³-hybridized carbons (Fsp3) is 0.385. The van der Waals surface area contributed by atoms with Crippen LogP contribution >= 0.6 is 0 Å².